The fraction of sp³-hybridized carbons (Fsp3) is 0.632. The molecule has 2 aliphatic rings. The molecule has 27 heavy (non-hydrogen) atoms. The van der Waals surface area contributed by atoms with Crippen LogP contribution in [0.5, 0.6) is 11.5 Å². The van der Waals surface area contributed by atoms with Crippen molar-refractivity contribution in [2.24, 2.45) is 0 Å². The lowest BCUT2D eigenvalue weighted by atomic mass is 10.1. The molecule has 1 aliphatic carbocycles. The normalized spacial score (nSPS) is 19.0. The number of hydrogen-bond donors (Lipinski definition) is 1. The standard InChI is InChI=1S/C19H28N2O5S/c1-14(19(22)20-15-7-5-3-4-6-8-15)21(27(2,23)24)16-9-10-17-18(13-16)26-12-11-25-17/h9-10,13-15H,3-8,11-12H2,1-2H3,(H,20,22)/t14-/m0/s1. The van der Waals surface area contributed by atoms with Crippen LogP contribution in [0.1, 0.15) is 45.4 Å². The van der Waals surface area contributed by atoms with Crippen molar-refractivity contribution < 1.29 is 22.7 Å². The second kappa shape index (κ2) is 8.37. The van der Waals surface area contributed by atoms with E-state index in [1.165, 1.54) is 12.8 Å². The van der Waals surface area contributed by atoms with Crippen LogP contribution >= 0.6 is 0 Å². The fourth-order valence-electron chi connectivity index (χ4n) is 3.72. The highest BCUT2D eigenvalue weighted by molar-refractivity contribution is 7.92. The number of anilines is 1. The molecule has 0 unspecified atom stereocenters. The van der Waals surface area contributed by atoms with Crippen LogP contribution in [0, 0.1) is 0 Å². The quantitative estimate of drug-likeness (QED) is 0.773. The smallest absolute Gasteiger partial charge is 0.243 e. The van der Waals surface area contributed by atoms with Gasteiger partial charge in [0.1, 0.15) is 19.3 Å². The molecule has 7 nitrogen and oxygen atoms in total. The van der Waals surface area contributed by atoms with Crippen LogP contribution in [-0.2, 0) is 14.8 Å². The first kappa shape index (κ1) is 19.8. The van der Waals surface area contributed by atoms with Crippen LogP contribution in [0.3, 0.4) is 0 Å². The lowest BCUT2D eigenvalue weighted by Crippen LogP contribution is -2.50. The Balaban J connectivity index is 1.80. The summed E-state index contributed by atoms with van der Waals surface area (Å²) >= 11 is 0. The molecule has 1 aromatic carbocycles. The van der Waals surface area contributed by atoms with Gasteiger partial charge < -0.3 is 14.8 Å². The Bertz CT molecular complexity index is 772. The van der Waals surface area contributed by atoms with Gasteiger partial charge in [-0.05, 0) is 31.9 Å². The third-order valence-electron chi connectivity index (χ3n) is 5.07. The van der Waals surface area contributed by atoms with E-state index in [9.17, 15) is 13.2 Å². The number of nitrogens with zero attached hydrogens (tertiary/aromatic N) is 1. The molecule has 0 spiro atoms. The summed E-state index contributed by atoms with van der Waals surface area (Å²) in [5, 5.41) is 3.04. The minimum atomic E-state index is -3.66. The Morgan fingerprint density at radius 1 is 1.11 bits per heavy atom. The van der Waals surface area contributed by atoms with Gasteiger partial charge >= 0.3 is 0 Å². The molecule has 1 aliphatic heterocycles. The van der Waals surface area contributed by atoms with Gasteiger partial charge in [0.25, 0.3) is 0 Å². The number of rotatable bonds is 5. The number of sulfonamides is 1. The predicted molar refractivity (Wildman–Crippen MR) is 104 cm³/mol. The van der Waals surface area contributed by atoms with Gasteiger partial charge in [-0.25, -0.2) is 8.42 Å². The van der Waals surface area contributed by atoms with Crippen LogP contribution < -0.4 is 19.1 Å². The monoisotopic (exact) mass is 396 g/mol. The summed E-state index contributed by atoms with van der Waals surface area (Å²) in [5.41, 5.74) is 0.394. The molecule has 1 amide bonds. The number of carbonyl (C=O) groups is 1. The topological polar surface area (TPSA) is 84.9 Å². The molecule has 0 radical (unpaired) electrons. The SMILES string of the molecule is C[C@@H](C(=O)NC1CCCCCC1)N(c1ccc2c(c1)OCCO2)S(C)(=O)=O. The van der Waals surface area contributed by atoms with E-state index in [-0.39, 0.29) is 11.9 Å². The second-order valence-electron chi connectivity index (χ2n) is 7.26. The number of benzene rings is 1. The average molecular weight is 397 g/mol. The zero-order valence-electron chi connectivity index (χ0n) is 15.9. The van der Waals surface area contributed by atoms with Crippen molar-refractivity contribution in [2.75, 3.05) is 23.8 Å². The highest BCUT2D eigenvalue weighted by Gasteiger charge is 2.31. The van der Waals surface area contributed by atoms with Gasteiger partial charge in [0.15, 0.2) is 11.5 Å². The number of amides is 1. The number of nitrogens with one attached hydrogen (secondary N) is 1. The van der Waals surface area contributed by atoms with Crippen LogP contribution in [0.4, 0.5) is 5.69 Å². The zero-order chi connectivity index (χ0) is 19.4. The Morgan fingerprint density at radius 2 is 1.74 bits per heavy atom. The van der Waals surface area contributed by atoms with E-state index < -0.39 is 16.1 Å². The van der Waals surface area contributed by atoms with Gasteiger partial charge in [-0.2, -0.15) is 0 Å². The maximum Gasteiger partial charge on any atom is 0.243 e. The van der Waals surface area contributed by atoms with Crippen molar-refractivity contribution in [2.45, 2.75) is 57.5 Å². The van der Waals surface area contributed by atoms with Gasteiger partial charge in [0.05, 0.1) is 11.9 Å². The van der Waals surface area contributed by atoms with E-state index in [0.717, 1.165) is 36.2 Å². The summed E-state index contributed by atoms with van der Waals surface area (Å²) in [7, 11) is -3.66. The van der Waals surface area contributed by atoms with Gasteiger partial charge in [0.2, 0.25) is 15.9 Å². The number of fused-ring (bicyclic) bond motifs is 1. The molecule has 150 valence electrons. The first-order valence-electron chi connectivity index (χ1n) is 9.55. The van der Waals surface area contributed by atoms with Crippen molar-refractivity contribution in [3.8, 4) is 11.5 Å². The summed E-state index contributed by atoms with van der Waals surface area (Å²) in [6.07, 6.45) is 7.57. The van der Waals surface area contributed by atoms with E-state index in [0.29, 0.717) is 30.4 Å². The molecule has 1 N–H and O–H groups in total. The van der Waals surface area contributed by atoms with E-state index in [2.05, 4.69) is 5.32 Å². The van der Waals surface area contributed by atoms with E-state index in [4.69, 9.17) is 9.47 Å². The molecule has 0 aromatic heterocycles. The second-order valence-corrected chi connectivity index (χ2v) is 9.12. The predicted octanol–water partition coefficient (Wildman–Crippen LogP) is 2.45. The molecule has 3 rings (SSSR count). The first-order valence-corrected chi connectivity index (χ1v) is 11.4. The largest absolute Gasteiger partial charge is 0.486 e. The van der Waals surface area contributed by atoms with Crippen molar-refractivity contribution in [3.05, 3.63) is 18.2 Å². The molecular weight excluding hydrogens is 368 g/mol. The Hall–Kier alpha value is -1.96. The first-order chi connectivity index (χ1) is 12.9. The third kappa shape index (κ3) is 4.86. The van der Waals surface area contributed by atoms with Gasteiger partial charge in [-0.1, -0.05) is 25.7 Å². The summed E-state index contributed by atoms with van der Waals surface area (Å²) in [4.78, 5) is 12.8. The average Bonchev–Trinajstić information content (AvgIpc) is 2.89. The summed E-state index contributed by atoms with van der Waals surface area (Å²) < 4.78 is 37.1. The van der Waals surface area contributed by atoms with Crippen LogP contribution in [0.2, 0.25) is 0 Å². The maximum atomic E-state index is 12.8. The molecule has 1 fully saturated rings. The van der Waals surface area contributed by atoms with E-state index in [1.54, 1.807) is 25.1 Å². The van der Waals surface area contributed by atoms with Crippen molar-refractivity contribution in [1.82, 2.24) is 5.32 Å². The molecule has 1 atom stereocenters. The van der Waals surface area contributed by atoms with Gasteiger partial charge in [-0.3, -0.25) is 9.10 Å². The number of hydrogen-bond acceptors (Lipinski definition) is 5. The van der Waals surface area contributed by atoms with Crippen molar-refractivity contribution in [3.63, 3.8) is 0 Å². The molecule has 1 heterocycles. The maximum absolute atomic E-state index is 12.8. The fourth-order valence-corrected chi connectivity index (χ4v) is 4.89. The van der Waals surface area contributed by atoms with Crippen molar-refractivity contribution >= 4 is 21.6 Å². The Morgan fingerprint density at radius 3 is 2.37 bits per heavy atom. The molecule has 8 heteroatoms. The van der Waals surface area contributed by atoms with Crippen LogP contribution in [0.15, 0.2) is 18.2 Å². The highest BCUT2D eigenvalue weighted by atomic mass is 32.2. The van der Waals surface area contributed by atoms with E-state index in [1.807, 2.05) is 0 Å². The lowest BCUT2D eigenvalue weighted by Gasteiger charge is -2.30. The molecule has 0 saturated heterocycles. The lowest BCUT2D eigenvalue weighted by molar-refractivity contribution is -0.122. The minimum absolute atomic E-state index is 0.115. The molecule has 1 saturated carbocycles. The number of ether oxygens (including phenoxy) is 2. The molecule has 1 aromatic rings. The number of carbonyl (C=O) groups excluding carboxylic acids is 1. The van der Waals surface area contributed by atoms with Gasteiger partial charge in [-0.15, -0.1) is 0 Å². The minimum Gasteiger partial charge on any atom is -0.486 e. The van der Waals surface area contributed by atoms with Crippen LogP contribution in [0.25, 0.3) is 0 Å². The van der Waals surface area contributed by atoms with Crippen molar-refractivity contribution in [1.29, 1.82) is 0 Å². The van der Waals surface area contributed by atoms with Crippen LogP contribution in [-0.4, -0.2) is 45.9 Å². The van der Waals surface area contributed by atoms with E-state index >= 15 is 0 Å². The summed E-state index contributed by atoms with van der Waals surface area (Å²) in [6.45, 7) is 2.49. The molecule has 0 bridgehead atoms. The summed E-state index contributed by atoms with van der Waals surface area (Å²) in [5.74, 6) is 0.792. The Labute approximate surface area is 161 Å². The summed E-state index contributed by atoms with van der Waals surface area (Å²) in [6, 6.07) is 4.20. The highest BCUT2D eigenvalue weighted by Crippen LogP contribution is 2.35. The van der Waals surface area contributed by atoms with Gasteiger partial charge in [0, 0.05) is 12.1 Å². The molecular formula is C19H28N2O5S. The Kier molecular flexibility index (Phi) is 6.14. The zero-order valence-corrected chi connectivity index (χ0v) is 16.8. The third-order valence-corrected chi connectivity index (χ3v) is 6.31.